The van der Waals surface area contributed by atoms with Crippen LogP contribution in [0.1, 0.15) is 50.2 Å². The van der Waals surface area contributed by atoms with Crippen molar-refractivity contribution in [1.29, 1.82) is 0 Å². The Kier molecular flexibility index (Phi) is 3.30. The lowest BCUT2D eigenvalue weighted by atomic mass is 9.88. The summed E-state index contributed by atoms with van der Waals surface area (Å²) in [5.74, 6) is 0.713. The van der Waals surface area contributed by atoms with E-state index in [1.165, 1.54) is 31.4 Å². The van der Waals surface area contributed by atoms with Crippen LogP contribution in [-0.2, 0) is 6.42 Å². The van der Waals surface area contributed by atoms with Gasteiger partial charge in [0.2, 0.25) is 0 Å². The molecule has 1 unspecified atom stereocenters. The Morgan fingerprint density at radius 1 is 1.40 bits per heavy atom. The molecule has 0 saturated heterocycles. The van der Waals surface area contributed by atoms with Gasteiger partial charge in [-0.3, -0.25) is 0 Å². The quantitative estimate of drug-likeness (QED) is 0.784. The minimum atomic E-state index is 0.713. The Hall–Kier alpha value is -0.980. The first-order chi connectivity index (χ1) is 7.33. The van der Waals surface area contributed by atoms with Crippen molar-refractivity contribution in [2.45, 2.75) is 45.4 Å². The maximum atomic E-state index is 3.50. The topological polar surface area (TPSA) is 12.0 Å². The molecule has 1 aromatic carbocycles. The highest BCUT2D eigenvalue weighted by molar-refractivity contribution is 5.57. The van der Waals surface area contributed by atoms with Crippen molar-refractivity contribution < 1.29 is 0 Å². The lowest BCUT2D eigenvalue weighted by Crippen LogP contribution is -2.14. The van der Waals surface area contributed by atoms with Gasteiger partial charge in [0.15, 0.2) is 0 Å². The van der Waals surface area contributed by atoms with Crippen LogP contribution in [-0.4, -0.2) is 6.54 Å². The van der Waals surface area contributed by atoms with E-state index in [2.05, 4.69) is 37.4 Å². The number of nitrogens with one attached hydrogen (secondary N) is 1. The molecule has 2 rings (SSSR count). The third-order valence-corrected chi connectivity index (χ3v) is 3.38. The van der Waals surface area contributed by atoms with Crippen LogP contribution in [0.2, 0.25) is 0 Å². The van der Waals surface area contributed by atoms with Crippen molar-refractivity contribution in [3.8, 4) is 0 Å². The highest BCUT2D eigenvalue weighted by Crippen LogP contribution is 2.31. The zero-order chi connectivity index (χ0) is 10.7. The van der Waals surface area contributed by atoms with E-state index in [-0.39, 0.29) is 0 Å². The van der Waals surface area contributed by atoms with Crippen molar-refractivity contribution in [1.82, 2.24) is 0 Å². The molecule has 82 valence electrons. The molecule has 1 heterocycles. The summed E-state index contributed by atoms with van der Waals surface area (Å²) >= 11 is 0. The maximum Gasteiger partial charge on any atom is 0.0375 e. The summed E-state index contributed by atoms with van der Waals surface area (Å²) in [5.41, 5.74) is 4.52. The second kappa shape index (κ2) is 4.69. The SMILES string of the molecule is CCCC(C)c1cccc2c1CCCN2. The van der Waals surface area contributed by atoms with Gasteiger partial charge in [0.25, 0.3) is 0 Å². The normalized spacial score (nSPS) is 16.7. The molecular formula is C14H21N. The van der Waals surface area contributed by atoms with E-state index in [4.69, 9.17) is 0 Å². The van der Waals surface area contributed by atoms with Crippen LogP contribution in [0.15, 0.2) is 18.2 Å². The van der Waals surface area contributed by atoms with Gasteiger partial charge in [-0.05, 0) is 42.4 Å². The highest BCUT2D eigenvalue weighted by Gasteiger charge is 2.15. The summed E-state index contributed by atoms with van der Waals surface area (Å²) in [5, 5.41) is 3.50. The van der Waals surface area contributed by atoms with E-state index in [9.17, 15) is 0 Å². The van der Waals surface area contributed by atoms with Crippen LogP contribution >= 0.6 is 0 Å². The van der Waals surface area contributed by atoms with Crippen molar-refractivity contribution in [2.24, 2.45) is 0 Å². The van der Waals surface area contributed by atoms with E-state index in [0.717, 1.165) is 6.54 Å². The third-order valence-electron chi connectivity index (χ3n) is 3.38. The average Bonchev–Trinajstić information content (AvgIpc) is 2.28. The monoisotopic (exact) mass is 203 g/mol. The van der Waals surface area contributed by atoms with Gasteiger partial charge >= 0.3 is 0 Å². The molecule has 1 aromatic rings. The first-order valence-electron chi connectivity index (χ1n) is 6.18. The molecule has 0 fully saturated rings. The van der Waals surface area contributed by atoms with Gasteiger partial charge in [0.1, 0.15) is 0 Å². The van der Waals surface area contributed by atoms with Crippen molar-refractivity contribution in [2.75, 3.05) is 11.9 Å². The maximum absolute atomic E-state index is 3.50. The van der Waals surface area contributed by atoms with E-state index in [1.807, 2.05) is 0 Å². The average molecular weight is 203 g/mol. The second-order valence-corrected chi connectivity index (χ2v) is 4.59. The molecule has 1 nitrogen and oxygen atoms in total. The van der Waals surface area contributed by atoms with Crippen LogP contribution in [0.5, 0.6) is 0 Å². The Labute approximate surface area is 92.9 Å². The molecule has 1 N–H and O–H groups in total. The molecule has 0 saturated carbocycles. The van der Waals surface area contributed by atoms with Gasteiger partial charge in [-0.2, -0.15) is 0 Å². The Bertz CT molecular complexity index is 330. The van der Waals surface area contributed by atoms with Gasteiger partial charge in [-0.25, -0.2) is 0 Å². The molecule has 0 bridgehead atoms. The number of rotatable bonds is 3. The summed E-state index contributed by atoms with van der Waals surface area (Å²) in [7, 11) is 0. The first kappa shape index (κ1) is 10.5. The van der Waals surface area contributed by atoms with Gasteiger partial charge in [-0.1, -0.05) is 32.4 Å². The molecule has 1 aliphatic rings. The largest absolute Gasteiger partial charge is 0.385 e. The summed E-state index contributed by atoms with van der Waals surface area (Å²) in [6.45, 7) is 5.76. The predicted molar refractivity (Wildman–Crippen MR) is 66.6 cm³/mol. The predicted octanol–water partition coefficient (Wildman–Crippen LogP) is 3.95. The molecule has 0 radical (unpaired) electrons. The molecular weight excluding hydrogens is 182 g/mol. The molecule has 1 atom stereocenters. The number of hydrogen-bond donors (Lipinski definition) is 1. The zero-order valence-electron chi connectivity index (χ0n) is 9.84. The molecule has 0 amide bonds. The summed E-state index contributed by atoms with van der Waals surface area (Å²) in [4.78, 5) is 0. The van der Waals surface area contributed by atoms with Gasteiger partial charge in [-0.15, -0.1) is 0 Å². The fraction of sp³-hybridized carbons (Fsp3) is 0.571. The Morgan fingerprint density at radius 3 is 3.07 bits per heavy atom. The summed E-state index contributed by atoms with van der Waals surface area (Å²) < 4.78 is 0. The number of hydrogen-bond acceptors (Lipinski definition) is 1. The molecule has 0 aliphatic carbocycles. The standard InChI is InChI=1S/C14H21N/c1-3-6-11(2)12-7-4-9-14-13(12)8-5-10-15-14/h4,7,9,11,15H,3,5-6,8,10H2,1-2H3. The lowest BCUT2D eigenvalue weighted by molar-refractivity contribution is 0.653. The minimum absolute atomic E-state index is 0.713. The summed E-state index contributed by atoms with van der Waals surface area (Å²) in [6, 6.07) is 6.72. The van der Waals surface area contributed by atoms with Crippen LogP contribution in [0.3, 0.4) is 0 Å². The lowest BCUT2D eigenvalue weighted by Gasteiger charge is -2.23. The van der Waals surface area contributed by atoms with E-state index in [0.29, 0.717) is 5.92 Å². The molecule has 0 aromatic heterocycles. The van der Waals surface area contributed by atoms with Crippen molar-refractivity contribution >= 4 is 5.69 Å². The van der Waals surface area contributed by atoms with Gasteiger partial charge < -0.3 is 5.32 Å². The first-order valence-corrected chi connectivity index (χ1v) is 6.18. The number of benzene rings is 1. The number of anilines is 1. The van der Waals surface area contributed by atoms with Crippen LogP contribution in [0.25, 0.3) is 0 Å². The summed E-state index contributed by atoms with van der Waals surface area (Å²) in [6.07, 6.45) is 5.12. The van der Waals surface area contributed by atoms with Gasteiger partial charge in [0.05, 0.1) is 0 Å². The van der Waals surface area contributed by atoms with Crippen LogP contribution < -0.4 is 5.32 Å². The van der Waals surface area contributed by atoms with E-state index in [1.54, 1.807) is 11.1 Å². The molecule has 15 heavy (non-hydrogen) atoms. The number of fused-ring (bicyclic) bond motifs is 1. The minimum Gasteiger partial charge on any atom is -0.385 e. The molecule has 1 aliphatic heterocycles. The van der Waals surface area contributed by atoms with Crippen molar-refractivity contribution in [3.63, 3.8) is 0 Å². The smallest absolute Gasteiger partial charge is 0.0375 e. The van der Waals surface area contributed by atoms with Gasteiger partial charge in [0, 0.05) is 12.2 Å². The Morgan fingerprint density at radius 2 is 2.27 bits per heavy atom. The third kappa shape index (κ3) is 2.17. The second-order valence-electron chi connectivity index (χ2n) is 4.59. The van der Waals surface area contributed by atoms with E-state index < -0.39 is 0 Å². The highest BCUT2D eigenvalue weighted by atomic mass is 14.9. The zero-order valence-corrected chi connectivity index (χ0v) is 9.84. The fourth-order valence-corrected chi connectivity index (χ4v) is 2.59. The van der Waals surface area contributed by atoms with Crippen molar-refractivity contribution in [3.05, 3.63) is 29.3 Å². The Balaban J connectivity index is 2.30. The molecule has 0 spiro atoms. The van der Waals surface area contributed by atoms with Crippen LogP contribution in [0.4, 0.5) is 5.69 Å². The molecule has 1 heteroatoms. The van der Waals surface area contributed by atoms with E-state index >= 15 is 0 Å². The van der Waals surface area contributed by atoms with Crippen LogP contribution in [0, 0.1) is 0 Å². The fourth-order valence-electron chi connectivity index (χ4n) is 2.59.